The van der Waals surface area contributed by atoms with Crippen molar-refractivity contribution >= 4 is 6.08 Å². The van der Waals surface area contributed by atoms with Crippen LogP contribution in [-0.2, 0) is 4.74 Å². The Hall–Kier alpha value is -1.10. The molecule has 0 bridgehead atoms. The molecule has 68 valence electrons. The van der Waals surface area contributed by atoms with E-state index in [0.29, 0.717) is 5.56 Å². The van der Waals surface area contributed by atoms with E-state index in [1.54, 1.807) is 24.3 Å². The Morgan fingerprint density at radius 3 is 2.71 bits per heavy atom. The molecule has 0 atom stereocenters. The summed E-state index contributed by atoms with van der Waals surface area (Å²) >= 11 is 0. The first-order chi connectivity index (χ1) is 7.03. The van der Waals surface area contributed by atoms with Crippen LogP contribution in [0.1, 0.15) is 8.30 Å². The van der Waals surface area contributed by atoms with Crippen molar-refractivity contribution in [2.24, 2.45) is 0 Å². The molecule has 0 saturated carbocycles. The van der Waals surface area contributed by atoms with E-state index in [2.05, 4.69) is 11.3 Å². The minimum absolute atomic E-state index is 0. The monoisotopic (exact) mass is 184 g/mol. The third-order valence-corrected chi connectivity index (χ3v) is 1.33. The Balaban J connectivity index is 0.00000225. The average molecular weight is 184 g/mol. The Morgan fingerprint density at radius 2 is 2.14 bits per heavy atom. The van der Waals surface area contributed by atoms with E-state index in [1.807, 2.05) is 6.07 Å². The average Bonchev–Trinajstić information content (AvgIpc) is 2.18. The van der Waals surface area contributed by atoms with Crippen LogP contribution < -0.4 is 24.0 Å². The van der Waals surface area contributed by atoms with Gasteiger partial charge in [0, 0.05) is 9.30 Å². The fourth-order valence-corrected chi connectivity index (χ4v) is 0.815. The molecule has 0 fully saturated rings. The Morgan fingerprint density at radius 1 is 1.50 bits per heavy atom. The molecule has 1 aromatic carbocycles. The predicted molar refractivity (Wildman–Crippen MR) is 50.6 cm³/mol. The summed E-state index contributed by atoms with van der Waals surface area (Å²) < 4.78 is 18.8. The summed E-state index contributed by atoms with van der Waals surface area (Å²) in [6.45, 7) is 1.10. The molecule has 0 aliphatic rings. The van der Waals surface area contributed by atoms with Gasteiger partial charge in [0.05, 0.1) is 5.95 Å². The van der Waals surface area contributed by atoms with Crippen LogP contribution in [0.5, 0.6) is 0 Å². The van der Waals surface area contributed by atoms with Gasteiger partial charge < -0.3 is 9.84 Å². The van der Waals surface area contributed by atoms with Crippen LogP contribution in [0.4, 0.5) is 0 Å². The summed E-state index contributed by atoms with van der Waals surface area (Å²) in [5.41, 5.74) is 0.669. The molecule has 0 radical (unpaired) electrons. The van der Waals surface area contributed by atoms with Gasteiger partial charge in [-0.15, -0.1) is 6.58 Å². The first kappa shape index (κ1) is 9.45. The molecule has 0 aliphatic carbocycles. The minimum Gasteiger partial charge on any atom is -0.609 e. The van der Waals surface area contributed by atoms with Crippen LogP contribution in [0.3, 0.4) is 0 Å². The second-order valence-corrected chi connectivity index (χ2v) is 2.30. The Labute approximate surface area is 98.9 Å². The van der Waals surface area contributed by atoms with E-state index in [9.17, 15) is 5.11 Å². The summed E-state index contributed by atoms with van der Waals surface area (Å²) in [5, 5.41) is 11.2. The summed E-state index contributed by atoms with van der Waals surface area (Å²) in [7, 11) is 0. The summed E-state index contributed by atoms with van der Waals surface area (Å²) in [4.78, 5) is 0. The standard InChI is InChI=1S/C11H12O2.Li/c1-2-8-13-11(12)9-10-6-4-3-5-7-10;/h2-7,9,12H,1,8H2;/q;+1/p-1/b11-9+;/i8D2;. The zero-order valence-corrected chi connectivity index (χ0v) is 8.07. The van der Waals surface area contributed by atoms with Gasteiger partial charge in [0.25, 0.3) is 0 Å². The molecule has 14 heavy (non-hydrogen) atoms. The zero-order chi connectivity index (χ0) is 11.3. The van der Waals surface area contributed by atoms with Gasteiger partial charge in [0.1, 0.15) is 0 Å². The SMILES string of the molecule is [2H]C([2H])(C=C)O/C([O-])=C/c1ccccc1.[Li+]. The molecule has 0 heterocycles. The van der Waals surface area contributed by atoms with Crippen LogP contribution >= 0.6 is 0 Å². The third kappa shape index (κ3) is 4.81. The topological polar surface area (TPSA) is 32.3 Å². The number of rotatable bonds is 4. The number of hydrogen-bond acceptors (Lipinski definition) is 2. The maximum atomic E-state index is 11.2. The zero-order valence-electron chi connectivity index (χ0n) is 10.1. The Bertz CT molecular complexity index is 364. The van der Waals surface area contributed by atoms with E-state index >= 15 is 0 Å². The second kappa shape index (κ2) is 7.32. The van der Waals surface area contributed by atoms with Gasteiger partial charge in [-0.25, -0.2) is 0 Å². The largest absolute Gasteiger partial charge is 1.00 e. The van der Waals surface area contributed by atoms with Crippen molar-refractivity contribution in [3.05, 3.63) is 54.5 Å². The van der Waals surface area contributed by atoms with Crippen molar-refractivity contribution < 1.29 is 31.4 Å². The molecule has 0 saturated heterocycles. The van der Waals surface area contributed by atoms with Gasteiger partial charge in [0.2, 0.25) is 0 Å². The van der Waals surface area contributed by atoms with Crippen LogP contribution in [0.2, 0.25) is 0 Å². The maximum absolute atomic E-state index is 11.2. The summed E-state index contributed by atoms with van der Waals surface area (Å²) in [6, 6.07) is 8.84. The van der Waals surface area contributed by atoms with Gasteiger partial charge in [-0.1, -0.05) is 36.4 Å². The molecule has 0 spiro atoms. The molecule has 1 aromatic rings. The van der Waals surface area contributed by atoms with Gasteiger partial charge in [0.15, 0.2) is 0 Å². The second-order valence-electron chi connectivity index (χ2n) is 2.30. The fourth-order valence-electron chi connectivity index (χ4n) is 0.815. The van der Waals surface area contributed by atoms with E-state index in [1.165, 1.54) is 6.08 Å². The van der Waals surface area contributed by atoms with E-state index in [0.717, 1.165) is 6.08 Å². The smallest absolute Gasteiger partial charge is 0.609 e. The molecule has 1 rings (SSSR count). The predicted octanol–water partition coefficient (Wildman–Crippen LogP) is -1.45. The van der Waals surface area contributed by atoms with Crippen molar-refractivity contribution in [3.8, 4) is 0 Å². The number of ether oxygens (including phenoxy) is 1. The maximum Gasteiger partial charge on any atom is 1.00 e. The molecule has 0 amide bonds. The molecule has 2 nitrogen and oxygen atoms in total. The first-order valence-electron chi connectivity index (χ1n) is 4.80. The van der Waals surface area contributed by atoms with Crippen LogP contribution in [-0.4, -0.2) is 6.56 Å². The third-order valence-electron chi connectivity index (χ3n) is 1.33. The van der Waals surface area contributed by atoms with E-state index in [4.69, 9.17) is 2.74 Å². The van der Waals surface area contributed by atoms with Crippen molar-refractivity contribution in [1.29, 1.82) is 0 Å². The minimum atomic E-state index is -2.12. The molecule has 3 heteroatoms. The molecular formula is C11H11LiO2. The van der Waals surface area contributed by atoms with E-state index < -0.39 is 12.5 Å². The molecule has 0 N–H and O–H groups in total. The van der Waals surface area contributed by atoms with E-state index in [-0.39, 0.29) is 18.9 Å². The first-order valence-corrected chi connectivity index (χ1v) is 3.80. The molecule has 0 aromatic heterocycles. The Kier molecular flexibility index (Phi) is 4.94. The number of benzene rings is 1. The normalized spacial score (nSPS) is 13.3. The summed E-state index contributed by atoms with van der Waals surface area (Å²) in [5.74, 6) is -0.730. The van der Waals surface area contributed by atoms with Gasteiger partial charge in [-0.2, -0.15) is 0 Å². The van der Waals surface area contributed by atoms with Crippen LogP contribution in [0, 0.1) is 0 Å². The van der Waals surface area contributed by atoms with Crippen LogP contribution in [0.25, 0.3) is 6.08 Å². The van der Waals surface area contributed by atoms with Gasteiger partial charge >= 0.3 is 18.9 Å². The molecule has 0 unspecified atom stereocenters. The van der Waals surface area contributed by atoms with Crippen molar-refractivity contribution in [1.82, 2.24) is 0 Å². The van der Waals surface area contributed by atoms with Crippen molar-refractivity contribution in [2.75, 3.05) is 6.56 Å². The quantitative estimate of drug-likeness (QED) is 0.326. The molecule has 0 aliphatic heterocycles. The van der Waals surface area contributed by atoms with Crippen LogP contribution in [0.15, 0.2) is 48.9 Å². The van der Waals surface area contributed by atoms with Gasteiger partial charge in [-0.05, 0) is 11.6 Å². The van der Waals surface area contributed by atoms with Gasteiger partial charge in [-0.3, -0.25) is 0 Å². The summed E-state index contributed by atoms with van der Waals surface area (Å²) in [6.07, 6.45) is 2.16. The number of hydrogen-bond donors (Lipinski definition) is 0. The fraction of sp³-hybridized carbons (Fsp3) is 0.0909. The van der Waals surface area contributed by atoms with Crippen molar-refractivity contribution in [3.63, 3.8) is 0 Å². The molecular weight excluding hydrogens is 171 g/mol. The van der Waals surface area contributed by atoms with Crippen molar-refractivity contribution in [2.45, 2.75) is 0 Å².